The van der Waals surface area contributed by atoms with Crippen molar-refractivity contribution in [1.29, 1.82) is 0 Å². The van der Waals surface area contributed by atoms with E-state index in [2.05, 4.69) is 0 Å². The molecule has 0 fully saturated rings. The Morgan fingerprint density at radius 2 is 1.75 bits per heavy atom. The Bertz CT molecular complexity index is 409. The van der Waals surface area contributed by atoms with Gasteiger partial charge in [-0.25, -0.2) is 8.42 Å². The van der Waals surface area contributed by atoms with Crippen molar-refractivity contribution in [1.82, 2.24) is 0 Å². The summed E-state index contributed by atoms with van der Waals surface area (Å²) >= 11 is 0. The SMILES string of the molecule is CCc1ccc(S(=O)(=O)CCCCN)cc1. The topological polar surface area (TPSA) is 60.2 Å². The minimum atomic E-state index is -3.11. The molecular weight excluding hydrogens is 222 g/mol. The highest BCUT2D eigenvalue weighted by Gasteiger charge is 2.13. The summed E-state index contributed by atoms with van der Waals surface area (Å²) in [6, 6.07) is 7.12. The largest absolute Gasteiger partial charge is 0.330 e. The first kappa shape index (κ1) is 13.2. The van der Waals surface area contributed by atoms with E-state index in [4.69, 9.17) is 5.73 Å². The number of unbranched alkanes of at least 4 members (excludes halogenated alkanes) is 1. The first-order chi connectivity index (χ1) is 7.60. The number of hydrogen-bond acceptors (Lipinski definition) is 3. The summed E-state index contributed by atoms with van der Waals surface area (Å²) in [6.07, 6.45) is 2.31. The summed E-state index contributed by atoms with van der Waals surface area (Å²) in [4.78, 5) is 0.418. The molecule has 0 aromatic heterocycles. The normalized spacial score (nSPS) is 11.6. The molecule has 0 aliphatic rings. The number of nitrogens with two attached hydrogens (primary N) is 1. The van der Waals surface area contributed by atoms with Gasteiger partial charge in [-0.1, -0.05) is 19.1 Å². The van der Waals surface area contributed by atoms with Crippen LogP contribution in [0.25, 0.3) is 0 Å². The van der Waals surface area contributed by atoms with Crippen LogP contribution in [-0.4, -0.2) is 20.7 Å². The highest BCUT2D eigenvalue weighted by atomic mass is 32.2. The van der Waals surface area contributed by atoms with Crippen molar-refractivity contribution in [2.75, 3.05) is 12.3 Å². The molecule has 0 spiro atoms. The van der Waals surface area contributed by atoms with Crippen LogP contribution in [0.4, 0.5) is 0 Å². The van der Waals surface area contributed by atoms with Gasteiger partial charge in [0, 0.05) is 0 Å². The predicted octanol–water partition coefficient (Wildman–Crippen LogP) is 1.76. The lowest BCUT2D eigenvalue weighted by atomic mass is 10.2. The summed E-state index contributed by atoms with van der Waals surface area (Å²) in [5, 5.41) is 0. The Morgan fingerprint density at radius 3 is 2.25 bits per heavy atom. The molecule has 1 rings (SSSR count). The van der Waals surface area contributed by atoms with Crippen LogP contribution in [0.2, 0.25) is 0 Å². The summed E-state index contributed by atoms with van der Waals surface area (Å²) < 4.78 is 23.7. The van der Waals surface area contributed by atoms with Crippen molar-refractivity contribution in [2.45, 2.75) is 31.1 Å². The van der Waals surface area contributed by atoms with E-state index in [-0.39, 0.29) is 5.75 Å². The molecule has 0 aliphatic heterocycles. The Hall–Kier alpha value is -0.870. The van der Waals surface area contributed by atoms with Gasteiger partial charge in [-0.2, -0.15) is 0 Å². The molecule has 3 nitrogen and oxygen atoms in total. The van der Waals surface area contributed by atoms with E-state index in [0.717, 1.165) is 18.4 Å². The second-order valence-corrected chi connectivity index (χ2v) is 5.92. The molecule has 0 aliphatic carbocycles. The molecule has 4 heteroatoms. The number of benzene rings is 1. The van der Waals surface area contributed by atoms with Gasteiger partial charge in [0.15, 0.2) is 9.84 Å². The van der Waals surface area contributed by atoms with E-state index < -0.39 is 9.84 Å². The molecule has 0 atom stereocenters. The highest BCUT2D eigenvalue weighted by Crippen LogP contribution is 2.14. The maximum Gasteiger partial charge on any atom is 0.178 e. The summed E-state index contributed by atoms with van der Waals surface area (Å²) in [5.74, 6) is 0.190. The van der Waals surface area contributed by atoms with Crippen LogP contribution in [-0.2, 0) is 16.3 Å². The Kier molecular flexibility index (Phi) is 4.96. The van der Waals surface area contributed by atoms with Crippen molar-refractivity contribution in [2.24, 2.45) is 5.73 Å². The maximum atomic E-state index is 11.9. The van der Waals surface area contributed by atoms with Crippen molar-refractivity contribution >= 4 is 9.84 Å². The monoisotopic (exact) mass is 241 g/mol. The van der Waals surface area contributed by atoms with Gasteiger partial charge < -0.3 is 5.73 Å². The van der Waals surface area contributed by atoms with Crippen LogP contribution in [0.3, 0.4) is 0 Å². The van der Waals surface area contributed by atoms with Crippen molar-refractivity contribution in [3.05, 3.63) is 29.8 Å². The third-order valence-electron chi connectivity index (χ3n) is 2.56. The lowest BCUT2D eigenvalue weighted by Gasteiger charge is -2.04. The molecule has 0 heterocycles. The standard InChI is InChI=1S/C12H19NO2S/c1-2-11-5-7-12(8-6-11)16(14,15)10-4-3-9-13/h5-8H,2-4,9-10,13H2,1H3. The maximum absolute atomic E-state index is 11.9. The third kappa shape index (κ3) is 3.61. The quantitative estimate of drug-likeness (QED) is 0.772. The number of hydrogen-bond donors (Lipinski definition) is 1. The molecule has 0 unspecified atom stereocenters. The molecule has 0 bridgehead atoms. The third-order valence-corrected chi connectivity index (χ3v) is 4.37. The Balaban J connectivity index is 2.74. The van der Waals surface area contributed by atoms with Crippen LogP contribution in [0.5, 0.6) is 0 Å². The summed E-state index contributed by atoms with van der Waals surface area (Å²) in [7, 11) is -3.11. The van der Waals surface area contributed by atoms with Crippen molar-refractivity contribution in [3.8, 4) is 0 Å². The van der Waals surface area contributed by atoms with E-state index in [1.54, 1.807) is 12.1 Å². The minimum absolute atomic E-state index is 0.190. The highest BCUT2D eigenvalue weighted by molar-refractivity contribution is 7.91. The number of sulfone groups is 1. The average molecular weight is 241 g/mol. The molecule has 2 N–H and O–H groups in total. The van der Waals surface area contributed by atoms with Crippen LogP contribution in [0.15, 0.2) is 29.2 Å². The van der Waals surface area contributed by atoms with Gasteiger partial charge in [0.05, 0.1) is 10.6 Å². The van der Waals surface area contributed by atoms with Gasteiger partial charge >= 0.3 is 0 Å². The molecular formula is C12H19NO2S. The molecule has 0 saturated heterocycles. The Labute approximate surface area is 97.6 Å². The van der Waals surface area contributed by atoms with Gasteiger partial charge in [-0.15, -0.1) is 0 Å². The van der Waals surface area contributed by atoms with Crippen LogP contribution >= 0.6 is 0 Å². The number of rotatable bonds is 6. The fraction of sp³-hybridized carbons (Fsp3) is 0.500. The van der Waals surface area contributed by atoms with Crippen LogP contribution in [0.1, 0.15) is 25.3 Å². The predicted molar refractivity (Wildman–Crippen MR) is 66.2 cm³/mol. The smallest absolute Gasteiger partial charge is 0.178 e. The fourth-order valence-electron chi connectivity index (χ4n) is 1.49. The minimum Gasteiger partial charge on any atom is -0.330 e. The molecule has 16 heavy (non-hydrogen) atoms. The Morgan fingerprint density at radius 1 is 1.12 bits per heavy atom. The molecule has 90 valence electrons. The van der Waals surface area contributed by atoms with Crippen LogP contribution < -0.4 is 5.73 Å². The molecule has 0 amide bonds. The second kappa shape index (κ2) is 6.01. The summed E-state index contributed by atoms with van der Waals surface area (Å²) in [6.45, 7) is 2.59. The van der Waals surface area contributed by atoms with Gasteiger partial charge in [-0.3, -0.25) is 0 Å². The van der Waals surface area contributed by atoms with Gasteiger partial charge in [0.1, 0.15) is 0 Å². The van der Waals surface area contributed by atoms with Crippen molar-refractivity contribution in [3.63, 3.8) is 0 Å². The molecule has 0 radical (unpaired) electrons. The van der Waals surface area contributed by atoms with E-state index in [0.29, 0.717) is 17.9 Å². The molecule has 1 aromatic carbocycles. The second-order valence-electron chi connectivity index (χ2n) is 3.81. The first-order valence-electron chi connectivity index (χ1n) is 5.62. The molecule has 0 saturated carbocycles. The number of aryl methyl sites for hydroxylation is 1. The first-order valence-corrected chi connectivity index (χ1v) is 7.27. The summed E-state index contributed by atoms with van der Waals surface area (Å²) in [5.41, 5.74) is 6.49. The lowest BCUT2D eigenvalue weighted by molar-refractivity contribution is 0.592. The van der Waals surface area contributed by atoms with Gasteiger partial charge in [0.2, 0.25) is 0 Å². The zero-order valence-corrected chi connectivity index (χ0v) is 10.5. The zero-order valence-electron chi connectivity index (χ0n) is 9.65. The van der Waals surface area contributed by atoms with Crippen molar-refractivity contribution < 1.29 is 8.42 Å². The van der Waals surface area contributed by atoms with E-state index in [1.807, 2.05) is 19.1 Å². The molecule has 1 aromatic rings. The van der Waals surface area contributed by atoms with Crippen LogP contribution in [0, 0.1) is 0 Å². The average Bonchev–Trinajstić information content (AvgIpc) is 2.29. The van der Waals surface area contributed by atoms with E-state index in [1.165, 1.54) is 0 Å². The van der Waals surface area contributed by atoms with Gasteiger partial charge in [0.25, 0.3) is 0 Å². The fourth-order valence-corrected chi connectivity index (χ4v) is 2.86. The zero-order chi connectivity index (χ0) is 12.0. The van der Waals surface area contributed by atoms with E-state index in [9.17, 15) is 8.42 Å². The lowest BCUT2D eigenvalue weighted by Crippen LogP contribution is -2.09. The van der Waals surface area contributed by atoms with E-state index >= 15 is 0 Å². The van der Waals surface area contributed by atoms with Gasteiger partial charge in [-0.05, 0) is 43.5 Å².